The Morgan fingerprint density at radius 3 is 2.61 bits per heavy atom. The van der Waals surface area contributed by atoms with Crippen molar-refractivity contribution in [3.8, 4) is 5.75 Å². The van der Waals surface area contributed by atoms with Crippen molar-refractivity contribution in [2.45, 2.75) is 45.9 Å². The topological polar surface area (TPSA) is 65.9 Å². The van der Waals surface area contributed by atoms with Gasteiger partial charge in [0.05, 0.1) is 25.8 Å². The molecule has 5 nitrogen and oxygen atoms in total. The second-order valence-electron chi connectivity index (χ2n) is 7.59. The van der Waals surface area contributed by atoms with E-state index in [4.69, 9.17) is 4.74 Å². The van der Waals surface area contributed by atoms with Gasteiger partial charge in [0.1, 0.15) is 5.82 Å². The largest absolute Gasteiger partial charge is 0.490 e. The van der Waals surface area contributed by atoms with Crippen LogP contribution in [-0.2, 0) is 13.2 Å². The molecule has 3 rings (SSSR count). The zero-order valence-corrected chi connectivity index (χ0v) is 20.2. The standard InChI is InChI=1S/C23H29F2N3O2.HI/c1-3-26-23(27-12-17-6-8-20(24)19(10-17)13-29)28-15(2)18-7-9-22(21(25)11-18)30-14-16-4-5-16;/h6-11,15-16,29H,3-5,12-14H2,1-2H3,(H2,26,27,28);1H. The van der Waals surface area contributed by atoms with E-state index in [0.29, 0.717) is 31.6 Å². The van der Waals surface area contributed by atoms with Crippen LogP contribution in [0.2, 0.25) is 0 Å². The SMILES string of the molecule is CCNC(=NCc1ccc(F)c(CO)c1)NC(C)c1ccc(OCC2CC2)c(F)c1.I. The van der Waals surface area contributed by atoms with E-state index in [9.17, 15) is 13.9 Å². The van der Waals surface area contributed by atoms with Gasteiger partial charge in [-0.05, 0) is 68.0 Å². The van der Waals surface area contributed by atoms with Crippen LogP contribution in [0, 0.1) is 17.6 Å². The van der Waals surface area contributed by atoms with Gasteiger partial charge in [0.15, 0.2) is 17.5 Å². The molecule has 31 heavy (non-hydrogen) atoms. The van der Waals surface area contributed by atoms with Gasteiger partial charge in [0, 0.05) is 12.1 Å². The van der Waals surface area contributed by atoms with Crippen molar-refractivity contribution in [3.63, 3.8) is 0 Å². The summed E-state index contributed by atoms with van der Waals surface area (Å²) in [5.74, 6) is 0.615. The number of halogens is 3. The molecule has 8 heteroatoms. The Kier molecular flexibility index (Phi) is 9.95. The van der Waals surface area contributed by atoms with Crippen molar-refractivity contribution in [1.82, 2.24) is 10.6 Å². The first-order chi connectivity index (χ1) is 14.5. The van der Waals surface area contributed by atoms with Crippen LogP contribution in [0.1, 0.15) is 49.4 Å². The molecule has 2 aromatic carbocycles. The molecule has 0 amide bonds. The summed E-state index contributed by atoms with van der Waals surface area (Å²) < 4.78 is 33.5. The highest BCUT2D eigenvalue weighted by Crippen LogP contribution is 2.30. The molecule has 170 valence electrons. The number of aliphatic hydroxyl groups is 1. The molecule has 1 unspecified atom stereocenters. The summed E-state index contributed by atoms with van der Waals surface area (Å²) in [7, 11) is 0. The van der Waals surface area contributed by atoms with Crippen LogP contribution in [0.5, 0.6) is 5.75 Å². The Labute approximate surface area is 199 Å². The van der Waals surface area contributed by atoms with Crippen LogP contribution in [0.3, 0.4) is 0 Å². The lowest BCUT2D eigenvalue weighted by Gasteiger charge is -2.19. The first-order valence-corrected chi connectivity index (χ1v) is 10.4. The Bertz CT molecular complexity index is 891. The maximum Gasteiger partial charge on any atom is 0.192 e. The first-order valence-electron chi connectivity index (χ1n) is 10.4. The van der Waals surface area contributed by atoms with E-state index in [-0.39, 0.29) is 53.8 Å². The van der Waals surface area contributed by atoms with Crippen LogP contribution >= 0.6 is 24.0 Å². The lowest BCUT2D eigenvalue weighted by molar-refractivity contribution is 0.275. The molecule has 1 saturated carbocycles. The number of aliphatic imine (C=N–C) groups is 1. The minimum absolute atomic E-state index is 0. The molecule has 0 aromatic heterocycles. The zero-order valence-electron chi connectivity index (χ0n) is 17.8. The van der Waals surface area contributed by atoms with Crippen molar-refractivity contribution in [1.29, 1.82) is 0 Å². The average Bonchev–Trinajstić information content (AvgIpc) is 3.56. The second kappa shape index (κ2) is 12.2. The molecule has 1 aliphatic carbocycles. The number of nitrogens with zero attached hydrogens (tertiary/aromatic N) is 1. The third kappa shape index (κ3) is 7.60. The van der Waals surface area contributed by atoms with Crippen LogP contribution in [0.15, 0.2) is 41.4 Å². The van der Waals surface area contributed by atoms with Crippen molar-refractivity contribution >= 4 is 29.9 Å². The Balaban J connectivity index is 0.00000341. The van der Waals surface area contributed by atoms with Gasteiger partial charge >= 0.3 is 0 Å². The lowest BCUT2D eigenvalue weighted by Crippen LogP contribution is -2.38. The molecule has 0 bridgehead atoms. The summed E-state index contributed by atoms with van der Waals surface area (Å²) in [6.07, 6.45) is 2.32. The van der Waals surface area contributed by atoms with Gasteiger partial charge in [0.2, 0.25) is 0 Å². The first kappa shape index (κ1) is 25.3. The summed E-state index contributed by atoms with van der Waals surface area (Å²) >= 11 is 0. The highest BCUT2D eigenvalue weighted by atomic mass is 127. The van der Waals surface area contributed by atoms with Crippen molar-refractivity contribution in [3.05, 3.63) is 64.7 Å². The van der Waals surface area contributed by atoms with Crippen molar-refractivity contribution < 1.29 is 18.6 Å². The number of hydrogen-bond acceptors (Lipinski definition) is 3. The fourth-order valence-corrected chi connectivity index (χ4v) is 3.02. The zero-order chi connectivity index (χ0) is 21.5. The van der Waals surface area contributed by atoms with Gasteiger partial charge in [-0.3, -0.25) is 0 Å². The predicted octanol–water partition coefficient (Wildman–Crippen LogP) is 4.68. The molecule has 1 aliphatic rings. The summed E-state index contributed by atoms with van der Waals surface area (Å²) in [5, 5.41) is 15.6. The molecule has 0 aliphatic heterocycles. The molecule has 0 spiro atoms. The minimum atomic E-state index is -0.435. The molecule has 0 heterocycles. The average molecular weight is 545 g/mol. The molecule has 1 atom stereocenters. The maximum absolute atomic E-state index is 14.4. The van der Waals surface area contributed by atoms with Crippen LogP contribution < -0.4 is 15.4 Å². The van der Waals surface area contributed by atoms with E-state index in [1.807, 2.05) is 19.9 Å². The normalized spacial score (nSPS) is 14.5. The quantitative estimate of drug-likeness (QED) is 0.243. The second-order valence-corrected chi connectivity index (χ2v) is 7.59. The van der Waals surface area contributed by atoms with Crippen molar-refractivity contribution in [2.75, 3.05) is 13.2 Å². The molecule has 0 radical (unpaired) electrons. The number of nitrogens with one attached hydrogen (secondary N) is 2. The fourth-order valence-electron chi connectivity index (χ4n) is 3.02. The number of rotatable bonds is 9. The van der Waals surface area contributed by atoms with Crippen LogP contribution in [0.25, 0.3) is 0 Å². The Morgan fingerprint density at radius 2 is 1.97 bits per heavy atom. The van der Waals surface area contributed by atoms with Gasteiger partial charge in [-0.25, -0.2) is 13.8 Å². The Morgan fingerprint density at radius 1 is 1.19 bits per heavy atom. The maximum atomic E-state index is 14.4. The molecular formula is C23H30F2IN3O2. The summed E-state index contributed by atoms with van der Waals surface area (Å²) in [6, 6.07) is 9.38. The van der Waals surface area contributed by atoms with E-state index in [1.54, 1.807) is 18.2 Å². The number of aliphatic hydroxyl groups excluding tert-OH is 1. The number of guanidine groups is 1. The van der Waals surface area contributed by atoms with E-state index in [1.165, 1.54) is 12.1 Å². The molecular weight excluding hydrogens is 515 g/mol. The van der Waals surface area contributed by atoms with Gasteiger partial charge in [0.25, 0.3) is 0 Å². The predicted molar refractivity (Wildman–Crippen MR) is 129 cm³/mol. The fraction of sp³-hybridized carbons (Fsp3) is 0.435. The number of hydrogen-bond donors (Lipinski definition) is 3. The van der Waals surface area contributed by atoms with E-state index < -0.39 is 5.82 Å². The highest BCUT2D eigenvalue weighted by Gasteiger charge is 2.22. The van der Waals surface area contributed by atoms with Crippen LogP contribution in [-0.4, -0.2) is 24.2 Å². The molecule has 0 saturated heterocycles. The van der Waals surface area contributed by atoms with Crippen LogP contribution in [0.4, 0.5) is 8.78 Å². The number of benzene rings is 2. The van der Waals surface area contributed by atoms with Crippen molar-refractivity contribution in [2.24, 2.45) is 10.9 Å². The monoisotopic (exact) mass is 545 g/mol. The smallest absolute Gasteiger partial charge is 0.192 e. The third-order valence-corrected chi connectivity index (χ3v) is 5.03. The number of ether oxygens (including phenoxy) is 1. The summed E-state index contributed by atoms with van der Waals surface area (Å²) in [4.78, 5) is 4.52. The lowest BCUT2D eigenvalue weighted by atomic mass is 10.1. The molecule has 2 aromatic rings. The van der Waals surface area contributed by atoms with E-state index >= 15 is 0 Å². The van der Waals surface area contributed by atoms with Gasteiger partial charge in [-0.15, -0.1) is 24.0 Å². The third-order valence-electron chi connectivity index (χ3n) is 5.03. The Hall–Kier alpha value is -1.94. The van der Waals surface area contributed by atoms with E-state index in [2.05, 4.69) is 15.6 Å². The van der Waals surface area contributed by atoms with Gasteiger partial charge < -0.3 is 20.5 Å². The summed E-state index contributed by atoms with van der Waals surface area (Å²) in [5.41, 5.74) is 1.81. The minimum Gasteiger partial charge on any atom is -0.490 e. The van der Waals surface area contributed by atoms with E-state index in [0.717, 1.165) is 24.0 Å². The van der Waals surface area contributed by atoms with Gasteiger partial charge in [-0.1, -0.05) is 12.1 Å². The van der Waals surface area contributed by atoms with Gasteiger partial charge in [-0.2, -0.15) is 0 Å². The summed E-state index contributed by atoms with van der Waals surface area (Å²) in [6.45, 7) is 5.07. The molecule has 1 fully saturated rings. The highest BCUT2D eigenvalue weighted by molar-refractivity contribution is 14.0. The molecule has 3 N–H and O–H groups in total.